The summed E-state index contributed by atoms with van der Waals surface area (Å²) < 4.78 is 0. The number of hydrogen-bond donors (Lipinski definition) is 1. The second-order valence-corrected chi connectivity index (χ2v) is 5.26. The maximum Gasteiger partial charge on any atom is 0.339 e. The Morgan fingerprint density at radius 3 is 2.94 bits per heavy atom. The van der Waals surface area contributed by atoms with Crippen LogP contribution >= 0.6 is 0 Å². The van der Waals surface area contributed by atoms with Gasteiger partial charge in [-0.25, -0.2) is 4.79 Å². The van der Waals surface area contributed by atoms with Crippen molar-refractivity contribution in [2.45, 2.75) is 26.7 Å². The molecule has 0 amide bonds. The highest BCUT2D eigenvalue weighted by atomic mass is 16.4. The Balaban J connectivity index is 2.30. The lowest BCUT2D eigenvalue weighted by atomic mass is 9.84. The summed E-state index contributed by atoms with van der Waals surface area (Å²) in [4.78, 5) is 13.2. The highest BCUT2D eigenvalue weighted by Gasteiger charge is 2.29. The molecule has 1 aromatic heterocycles. The largest absolute Gasteiger partial charge is 0.478 e. The van der Waals surface area contributed by atoms with E-state index in [0.717, 1.165) is 25.9 Å². The van der Waals surface area contributed by atoms with Gasteiger partial charge in [0.25, 0.3) is 0 Å². The molecule has 0 bridgehead atoms. The van der Waals surface area contributed by atoms with Crippen LogP contribution in [0.1, 0.15) is 37.0 Å². The molecule has 1 aromatic rings. The highest BCUT2D eigenvalue weighted by molar-refractivity contribution is 5.93. The number of aromatic carboxylic acids is 1. The number of anilines is 1. The highest BCUT2D eigenvalue weighted by Crippen LogP contribution is 2.31. The lowest BCUT2D eigenvalue weighted by molar-refractivity contribution is 0.0696. The van der Waals surface area contributed by atoms with E-state index in [9.17, 15) is 4.79 Å². The first-order chi connectivity index (χ1) is 7.99. The van der Waals surface area contributed by atoms with Crippen LogP contribution in [0.5, 0.6) is 0 Å². The third-order valence-corrected chi connectivity index (χ3v) is 3.13. The Bertz CT molecular complexity index is 432. The van der Waals surface area contributed by atoms with Gasteiger partial charge in [-0.3, -0.25) is 0 Å². The van der Waals surface area contributed by atoms with Crippen LogP contribution < -0.4 is 4.90 Å². The average molecular weight is 235 g/mol. The lowest BCUT2D eigenvalue weighted by Gasteiger charge is -2.38. The number of rotatable bonds is 2. The molecule has 0 unspecified atom stereocenters. The van der Waals surface area contributed by atoms with Crippen molar-refractivity contribution in [3.8, 4) is 0 Å². The summed E-state index contributed by atoms with van der Waals surface area (Å²) in [5.41, 5.74) is 0.434. The standard InChI is InChI=1S/C12H17N3O2/c1-12(2)5-3-7-15(8-12)10-9(11(16)17)4-6-13-14-10/h4,6H,3,5,7-8H2,1-2H3,(H,16,17). The topological polar surface area (TPSA) is 66.3 Å². The zero-order chi connectivity index (χ0) is 12.5. The normalized spacial score (nSPS) is 19.1. The quantitative estimate of drug-likeness (QED) is 0.846. The molecular formula is C12H17N3O2. The lowest BCUT2D eigenvalue weighted by Crippen LogP contribution is -2.41. The fourth-order valence-electron chi connectivity index (χ4n) is 2.33. The van der Waals surface area contributed by atoms with Crippen LogP contribution in [0.25, 0.3) is 0 Å². The third-order valence-electron chi connectivity index (χ3n) is 3.13. The summed E-state index contributed by atoms with van der Waals surface area (Å²) in [5, 5.41) is 16.9. The molecule has 17 heavy (non-hydrogen) atoms. The Labute approximate surface area is 100 Å². The van der Waals surface area contributed by atoms with Crippen molar-refractivity contribution in [3.63, 3.8) is 0 Å². The Kier molecular flexibility index (Phi) is 3.00. The zero-order valence-corrected chi connectivity index (χ0v) is 10.2. The van der Waals surface area contributed by atoms with Gasteiger partial charge in [0.1, 0.15) is 5.56 Å². The summed E-state index contributed by atoms with van der Waals surface area (Å²) in [5.74, 6) is -0.453. The second-order valence-electron chi connectivity index (χ2n) is 5.26. The average Bonchev–Trinajstić information content (AvgIpc) is 2.27. The molecule has 92 valence electrons. The van der Waals surface area contributed by atoms with Crippen LogP contribution in [0.15, 0.2) is 12.3 Å². The second kappa shape index (κ2) is 4.31. The summed E-state index contributed by atoms with van der Waals surface area (Å²) in [6.45, 7) is 6.06. The number of piperidine rings is 1. The molecule has 1 saturated heterocycles. The first-order valence-electron chi connectivity index (χ1n) is 5.79. The van der Waals surface area contributed by atoms with Crippen molar-refractivity contribution in [1.82, 2.24) is 10.2 Å². The van der Waals surface area contributed by atoms with Gasteiger partial charge in [0.15, 0.2) is 5.82 Å². The first kappa shape index (κ1) is 11.8. The van der Waals surface area contributed by atoms with Gasteiger partial charge in [0.05, 0.1) is 6.20 Å². The summed E-state index contributed by atoms with van der Waals surface area (Å²) in [6, 6.07) is 1.51. The molecule has 2 rings (SSSR count). The van der Waals surface area contributed by atoms with E-state index in [2.05, 4.69) is 24.0 Å². The van der Waals surface area contributed by atoms with E-state index in [4.69, 9.17) is 5.11 Å². The minimum Gasteiger partial charge on any atom is -0.478 e. The molecule has 1 fully saturated rings. The van der Waals surface area contributed by atoms with E-state index in [1.807, 2.05) is 4.90 Å². The molecule has 1 aliphatic heterocycles. The summed E-state index contributed by atoms with van der Waals surface area (Å²) >= 11 is 0. The van der Waals surface area contributed by atoms with Crippen LogP contribution in [-0.2, 0) is 0 Å². The van der Waals surface area contributed by atoms with Crippen LogP contribution in [0.2, 0.25) is 0 Å². The van der Waals surface area contributed by atoms with Gasteiger partial charge in [-0.1, -0.05) is 13.8 Å². The SMILES string of the molecule is CC1(C)CCCN(c2nnccc2C(=O)O)C1. The number of aromatic nitrogens is 2. The molecule has 1 N–H and O–H groups in total. The van der Waals surface area contributed by atoms with Gasteiger partial charge in [0.2, 0.25) is 0 Å². The molecule has 0 aromatic carbocycles. The summed E-state index contributed by atoms with van der Waals surface area (Å²) in [6.07, 6.45) is 3.64. The van der Waals surface area contributed by atoms with Crippen LogP contribution in [-0.4, -0.2) is 34.4 Å². The van der Waals surface area contributed by atoms with E-state index in [-0.39, 0.29) is 11.0 Å². The van der Waals surface area contributed by atoms with Gasteiger partial charge in [-0.05, 0) is 24.3 Å². The minimum atomic E-state index is -0.946. The predicted molar refractivity (Wildman–Crippen MR) is 64.2 cm³/mol. The van der Waals surface area contributed by atoms with Gasteiger partial charge >= 0.3 is 5.97 Å². The van der Waals surface area contributed by atoms with Crippen molar-refractivity contribution in [1.29, 1.82) is 0 Å². The Morgan fingerprint density at radius 1 is 1.53 bits per heavy atom. The van der Waals surface area contributed by atoms with E-state index in [0.29, 0.717) is 5.82 Å². The van der Waals surface area contributed by atoms with Crippen LogP contribution in [0.4, 0.5) is 5.82 Å². The zero-order valence-electron chi connectivity index (χ0n) is 10.2. The molecule has 2 heterocycles. The van der Waals surface area contributed by atoms with Crippen molar-refractivity contribution in [2.24, 2.45) is 5.41 Å². The Hall–Kier alpha value is -1.65. The van der Waals surface area contributed by atoms with Gasteiger partial charge < -0.3 is 10.0 Å². The van der Waals surface area contributed by atoms with Crippen molar-refractivity contribution in [3.05, 3.63) is 17.8 Å². The number of carboxylic acid groups (broad SMARTS) is 1. The number of hydrogen-bond acceptors (Lipinski definition) is 4. The smallest absolute Gasteiger partial charge is 0.339 e. The Morgan fingerprint density at radius 2 is 2.29 bits per heavy atom. The van der Waals surface area contributed by atoms with Crippen molar-refractivity contribution >= 4 is 11.8 Å². The monoisotopic (exact) mass is 235 g/mol. The fraction of sp³-hybridized carbons (Fsp3) is 0.583. The van der Waals surface area contributed by atoms with Crippen molar-refractivity contribution in [2.75, 3.05) is 18.0 Å². The number of carboxylic acids is 1. The molecular weight excluding hydrogens is 218 g/mol. The third kappa shape index (κ3) is 2.54. The van der Waals surface area contributed by atoms with Crippen LogP contribution in [0, 0.1) is 5.41 Å². The molecule has 0 radical (unpaired) electrons. The molecule has 5 heteroatoms. The van der Waals surface area contributed by atoms with E-state index < -0.39 is 5.97 Å². The molecule has 0 spiro atoms. The van der Waals surface area contributed by atoms with Crippen LogP contribution in [0.3, 0.4) is 0 Å². The number of carbonyl (C=O) groups is 1. The molecule has 0 atom stereocenters. The maximum absolute atomic E-state index is 11.1. The van der Waals surface area contributed by atoms with E-state index in [1.54, 1.807) is 0 Å². The fourth-order valence-corrected chi connectivity index (χ4v) is 2.33. The molecule has 0 aliphatic carbocycles. The van der Waals surface area contributed by atoms with Crippen molar-refractivity contribution < 1.29 is 9.90 Å². The van der Waals surface area contributed by atoms with Gasteiger partial charge in [0, 0.05) is 13.1 Å². The predicted octanol–water partition coefficient (Wildman–Crippen LogP) is 1.80. The maximum atomic E-state index is 11.1. The van der Waals surface area contributed by atoms with E-state index >= 15 is 0 Å². The molecule has 1 aliphatic rings. The summed E-state index contributed by atoms with van der Waals surface area (Å²) in [7, 11) is 0. The first-order valence-corrected chi connectivity index (χ1v) is 5.79. The van der Waals surface area contributed by atoms with Gasteiger partial charge in [-0.15, -0.1) is 5.10 Å². The van der Waals surface area contributed by atoms with Gasteiger partial charge in [-0.2, -0.15) is 5.10 Å². The van der Waals surface area contributed by atoms with E-state index in [1.165, 1.54) is 12.3 Å². The number of nitrogens with zero attached hydrogens (tertiary/aromatic N) is 3. The molecule has 0 saturated carbocycles. The minimum absolute atomic E-state index is 0.200. The molecule has 5 nitrogen and oxygen atoms in total.